The van der Waals surface area contributed by atoms with Crippen molar-refractivity contribution in [1.29, 1.82) is 0 Å². The summed E-state index contributed by atoms with van der Waals surface area (Å²) in [6.45, 7) is 5.06. The summed E-state index contributed by atoms with van der Waals surface area (Å²) in [5.41, 5.74) is 2.17. The number of piperidine rings is 1. The number of carbonyl (C=O) groups excluding carboxylic acids is 1. The van der Waals surface area contributed by atoms with E-state index in [1.165, 1.54) is 6.42 Å². The molecule has 0 aromatic heterocycles. The normalized spacial score (nSPS) is 30.1. The van der Waals surface area contributed by atoms with E-state index in [1.807, 2.05) is 0 Å². The minimum absolute atomic E-state index is 0.158. The van der Waals surface area contributed by atoms with E-state index in [-0.39, 0.29) is 6.03 Å². The molecule has 1 aliphatic rings. The lowest BCUT2D eigenvalue weighted by Crippen LogP contribution is -2.52. The number of likely N-dealkylation sites (tertiary alicyclic amines) is 1. The van der Waals surface area contributed by atoms with Gasteiger partial charge in [-0.25, -0.2) is 10.6 Å². The zero-order chi connectivity index (χ0) is 9.14. The average Bonchev–Trinajstić information content (AvgIpc) is 2.08. The molecule has 0 aromatic carbocycles. The standard InChI is InChI=1S/C8H17N3O/c1-6-4-3-5-11(7(6)2)8(12)10-9/h6-7H,3-5,9H2,1-2H3,(H,10,12). The van der Waals surface area contributed by atoms with E-state index in [2.05, 4.69) is 19.3 Å². The van der Waals surface area contributed by atoms with Crippen LogP contribution in [0.5, 0.6) is 0 Å². The fourth-order valence-electron chi connectivity index (χ4n) is 1.71. The largest absolute Gasteiger partial charge is 0.331 e. The van der Waals surface area contributed by atoms with Crippen LogP contribution in [-0.4, -0.2) is 23.5 Å². The molecule has 1 saturated heterocycles. The summed E-state index contributed by atoms with van der Waals surface area (Å²) in [5, 5.41) is 0. The Hall–Kier alpha value is -0.770. The number of hydrogen-bond acceptors (Lipinski definition) is 2. The Morgan fingerprint density at radius 2 is 2.25 bits per heavy atom. The van der Waals surface area contributed by atoms with Gasteiger partial charge in [0.05, 0.1) is 0 Å². The molecule has 0 aromatic rings. The number of nitrogens with zero attached hydrogens (tertiary/aromatic N) is 1. The van der Waals surface area contributed by atoms with Gasteiger partial charge in [-0.3, -0.25) is 5.43 Å². The Bertz CT molecular complexity index is 172. The van der Waals surface area contributed by atoms with Crippen molar-refractivity contribution in [2.24, 2.45) is 11.8 Å². The summed E-state index contributed by atoms with van der Waals surface area (Å²) < 4.78 is 0. The lowest BCUT2D eigenvalue weighted by molar-refractivity contribution is 0.129. The number of rotatable bonds is 0. The first-order valence-corrected chi connectivity index (χ1v) is 4.44. The van der Waals surface area contributed by atoms with E-state index in [4.69, 9.17) is 5.84 Å². The van der Waals surface area contributed by atoms with E-state index in [0.29, 0.717) is 12.0 Å². The molecule has 70 valence electrons. The van der Waals surface area contributed by atoms with Gasteiger partial charge >= 0.3 is 6.03 Å². The maximum absolute atomic E-state index is 11.2. The highest BCUT2D eigenvalue weighted by atomic mass is 16.2. The molecule has 0 aliphatic carbocycles. The van der Waals surface area contributed by atoms with Crippen molar-refractivity contribution in [2.75, 3.05) is 6.54 Å². The summed E-state index contributed by atoms with van der Waals surface area (Å²) >= 11 is 0. The van der Waals surface area contributed by atoms with E-state index >= 15 is 0 Å². The minimum Gasteiger partial charge on any atom is -0.321 e. The lowest BCUT2D eigenvalue weighted by Gasteiger charge is -2.37. The SMILES string of the molecule is CC1CCCN(C(=O)NN)C1C. The third-order valence-electron chi connectivity index (χ3n) is 2.76. The number of urea groups is 1. The number of hydrogen-bond donors (Lipinski definition) is 2. The molecule has 12 heavy (non-hydrogen) atoms. The molecular formula is C8H17N3O. The molecular weight excluding hydrogens is 154 g/mol. The van der Waals surface area contributed by atoms with Crippen LogP contribution in [0.15, 0.2) is 0 Å². The Balaban J connectivity index is 2.57. The van der Waals surface area contributed by atoms with Crippen molar-refractivity contribution >= 4 is 6.03 Å². The number of nitrogens with one attached hydrogen (secondary N) is 1. The highest BCUT2D eigenvalue weighted by molar-refractivity contribution is 5.73. The predicted molar refractivity (Wildman–Crippen MR) is 47.3 cm³/mol. The van der Waals surface area contributed by atoms with Crippen molar-refractivity contribution in [2.45, 2.75) is 32.7 Å². The number of nitrogens with two attached hydrogens (primary N) is 1. The molecule has 0 spiro atoms. The molecule has 1 rings (SSSR count). The van der Waals surface area contributed by atoms with Gasteiger partial charge < -0.3 is 4.90 Å². The maximum Gasteiger partial charge on any atom is 0.331 e. The fraction of sp³-hybridized carbons (Fsp3) is 0.875. The Kier molecular flexibility index (Phi) is 2.92. The van der Waals surface area contributed by atoms with Crippen LogP contribution >= 0.6 is 0 Å². The first-order chi connectivity index (χ1) is 5.66. The van der Waals surface area contributed by atoms with Gasteiger partial charge in [-0.15, -0.1) is 0 Å². The molecule has 1 heterocycles. The van der Waals surface area contributed by atoms with Crippen molar-refractivity contribution in [1.82, 2.24) is 10.3 Å². The smallest absolute Gasteiger partial charge is 0.321 e. The van der Waals surface area contributed by atoms with E-state index in [1.54, 1.807) is 4.90 Å². The molecule has 4 nitrogen and oxygen atoms in total. The summed E-state index contributed by atoms with van der Waals surface area (Å²) in [5.74, 6) is 5.65. The van der Waals surface area contributed by atoms with Crippen LogP contribution in [0.1, 0.15) is 26.7 Å². The second-order valence-electron chi connectivity index (χ2n) is 3.50. The Labute approximate surface area is 73.1 Å². The number of amides is 2. The van der Waals surface area contributed by atoms with Gasteiger partial charge in [-0.05, 0) is 25.7 Å². The summed E-state index contributed by atoms with van der Waals surface area (Å²) in [6, 6.07) is 0.149. The van der Waals surface area contributed by atoms with Crippen LogP contribution in [0, 0.1) is 5.92 Å². The van der Waals surface area contributed by atoms with E-state index in [0.717, 1.165) is 13.0 Å². The quantitative estimate of drug-likeness (QED) is 0.320. The third-order valence-corrected chi connectivity index (χ3v) is 2.76. The molecule has 0 bridgehead atoms. The van der Waals surface area contributed by atoms with Gasteiger partial charge in [0, 0.05) is 12.6 Å². The average molecular weight is 171 g/mol. The van der Waals surface area contributed by atoms with Crippen LogP contribution in [0.3, 0.4) is 0 Å². The first-order valence-electron chi connectivity index (χ1n) is 4.44. The molecule has 4 heteroatoms. The molecule has 0 radical (unpaired) electrons. The van der Waals surface area contributed by atoms with Crippen molar-refractivity contribution in [3.63, 3.8) is 0 Å². The third kappa shape index (κ3) is 1.69. The minimum atomic E-state index is -0.158. The first kappa shape index (κ1) is 9.32. The second-order valence-corrected chi connectivity index (χ2v) is 3.50. The molecule has 1 fully saturated rings. The fourth-order valence-corrected chi connectivity index (χ4v) is 1.71. The molecule has 2 unspecified atom stereocenters. The van der Waals surface area contributed by atoms with Gasteiger partial charge in [-0.1, -0.05) is 6.92 Å². The maximum atomic E-state index is 11.2. The Morgan fingerprint density at radius 3 is 2.83 bits per heavy atom. The molecule has 1 aliphatic heterocycles. The monoisotopic (exact) mass is 171 g/mol. The second kappa shape index (κ2) is 3.76. The van der Waals surface area contributed by atoms with Crippen molar-refractivity contribution < 1.29 is 4.79 Å². The molecule has 3 N–H and O–H groups in total. The zero-order valence-electron chi connectivity index (χ0n) is 7.71. The molecule has 0 saturated carbocycles. The highest BCUT2D eigenvalue weighted by Crippen LogP contribution is 2.22. The van der Waals surface area contributed by atoms with Crippen LogP contribution in [0.4, 0.5) is 4.79 Å². The van der Waals surface area contributed by atoms with Gasteiger partial charge in [0.25, 0.3) is 0 Å². The van der Waals surface area contributed by atoms with Crippen LogP contribution in [0.25, 0.3) is 0 Å². The topological polar surface area (TPSA) is 58.4 Å². The van der Waals surface area contributed by atoms with E-state index < -0.39 is 0 Å². The number of hydrazine groups is 1. The molecule has 2 amide bonds. The van der Waals surface area contributed by atoms with Crippen LogP contribution in [0.2, 0.25) is 0 Å². The zero-order valence-corrected chi connectivity index (χ0v) is 7.71. The predicted octanol–water partition coefficient (Wildman–Crippen LogP) is 0.690. The van der Waals surface area contributed by atoms with E-state index in [9.17, 15) is 4.79 Å². The van der Waals surface area contributed by atoms with Crippen molar-refractivity contribution in [3.8, 4) is 0 Å². The van der Waals surface area contributed by atoms with Crippen LogP contribution < -0.4 is 11.3 Å². The Morgan fingerprint density at radius 1 is 1.58 bits per heavy atom. The lowest BCUT2D eigenvalue weighted by atomic mass is 9.92. The summed E-state index contributed by atoms with van der Waals surface area (Å²) in [6.07, 6.45) is 2.29. The van der Waals surface area contributed by atoms with Gasteiger partial charge in [0.2, 0.25) is 0 Å². The summed E-state index contributed by atoms with van der Waals surface area (Å²) in [7, 11) is 0. The molecule has 2 atom stereocenters. The van der Waals surface area contributed by atoms with Crippen LogP contribution in [-0.2, 0) is 0 Å². The van der Waals surface area contributed by atoms with Gasteiger partial charge in [0.15, 0.2) is 0 Å². The highest BCUT2D eigenvalue weighted by Gasteiger charge is 2.27. The van der Waals surface area contributed by atoms with Crippen molar-refractivity contribution in [3.05, 3.63) is 0 Å². The summed E-state index contributed by atoms with van der Waals surface area (Å²) in [4.78, 5) is 13.0. The van der Waals surface area contributed by atoms with Gasteiger partial charge in [0.1, 0.15) is 0 Å². The van der Waals surface area contributed by atoms with Gasteiger partial charge in [-0.2, -0.15) is 0 Å². The number of carbonyl (C=O) groups is 1.